The summed E-state index contributed by atoms with van der Waals surface area (Å²) in [5.74, 6) is -0.295. The van der Waals surface area contributed by atoms with E-state index in [9.17, 15) is 9.18 Å². The predicted molar refractivity (Wildman–Crippen MR) is 65.4 cm³/mol. The molecular formula is C14H18FNO. The van der Waals surface area contributed by atoms with E-state index < -0.39 is 0 Å². The number of halogens is 1. The summed E-state index contributed by atoms with van der Waals surface area (Å²) in [5, 5.41) is 0. The molecular weight excluding hydrogens is 217 g/mol. The minimum atomic E-state index is -0.344. The number of carbonyl (C=O) groups excluding carboxylic acids is 1. The van der Waals surface area contributed by atoms with Crippen molar-refractivity contribution in [1.29, 1.82) is 0 Å². The Morgan fingerprint density at radius 1 is 1.18 bits per heavy atom. The van der Waals surface area contributed by atoms with Gasteiger partial charge in [0.2, 0.25) is 0 Å². The molecule has 92 valence electrons. The normalized spacial score (nSPS) is 18.9. The van der Waals surface area contributed by atoms with Crippen molar-refractivity contribution < 1.29 is 9.18 Å². The zero-order chi connectivity index (χ0) is 12.3. The molecule has 2 nitrogen and oxygen atoms in total. The van der Waals surface area contributed by atoms with Crippen molar-refractivity contribution in [3.63, 3.8) is 0 Å². The quantitative estimate of drug-likeness (QED) is 0.818. The molecule has 0 spiro atoms. The van der Waals surface area contributed by atoms with E-state index >= 15 is 0 Å². The van der Waals surface area contributed by atoms with Crippen LogP contribution in [0.3, 0.4) is 0 Å². The van der Waals surface area contributed by atoms with E-state index in [2.05, 4.69) is 0 Å². The van der Waals surface area contributed by atoms with Crippen LogP contribution in [0.1, 0.15) is 48.9 Å². The number of nitrogens with two attached hydrogens (primary N) is 1. The molecule has 0 atom stereocenters. The second-order valence-corrected chi connectivity index (χ2v) is 5.03. The Kier molecular flexibility index (Phi) is 3.57. The molecule has 0 aromatic heterocycles. The van der Waals surface area contributed by atoms with Crippen LogP contribution in [-0.2, 0) is 0 Å². The minimum absolute atomic E-state index is 0.0226. The molecule has 1 aromatic rings. The van der Waals surface area contributed by atoms with Gasteiger partial charge in [0.1, 0.15) is 5.82 Å². The predicted octanol–water partition coefficient (Wildman–Crippen LogP) is 3.06. The number of hydrogen-bond acceptors (Lipinski definition) is 2. The van der Waals surface area contributed by atoms with Crippen LogP contribution in [-0.4, -0.2) is 11.3 Å². The number of hydrogen-bond donors (Lipinski definition) is 1. The molecule has 0 unspecified atom stereocenters. The zero-order valence-corrected chi connectivity index (χ0v) is 9.92. The van der Waals surface area contributed by atoms with E-state index in [0.717, 1.165) is 25.7 Å². The topological polar surface area (TPSA) is 43.1 Å². The van der Waals surface area contributed by atoms with E-state index in [1.54, 1.807) is 0 Å². The maximum absolute atomic E-state index is 12.7. The summed E-state index contributed by atoms with van der Waals surface area (Å²) in [7, 11) is 0. The molecule has 2 rings (SSSR count). The largest absolute Gasteiger partial charge is 0.325 e. The van der Waals surface area contributed by atoms with E-state index in [1.165, 1.54) is 30.7 Å². The maximum atomic E-state index is 12.7. The van der Waals surface area contributed by atoms with Crippen molar-refractivity contribution >= 4 is 5.78 Å². The van der Waals surface area contributed by atoms with Gasteiger partial charge in [0.15, 0.2) is 5.78 Å². The van der Waals surface area contributed by atoms with Gasteiger partial charge in [-0.15, -0.1) is 0 Å². The SMILES string of the molecule is NC1(CC(=O)c2ccc(F)cc2)CCCCC1. The minimum Gasteiger partial charge on any atom is -0.325 e. The van der Waals surface area contributed by atoms with Gasteiger partial charge < -0.3 is 5.73 Å². The second-order valence-electron chi connectivity index (χ2n) is 5.03. The molecule has 0 aliphatic heterocycles. The lowest BCUT2D eigenvalue weighted by molar-refractivity contribution is 0.0934. The molecule has 1 aliphatic rings. The fraction of sp³-hybridized carbons (Fsp3) is 0.500. The van der Waals surface area contributed by atoms with Crippen molar-refractivity contribution in [2.75, 3.05) is 0 Å². The van der Waals surface area contributed by atoms with Crippen LogP contribution in [0.15, 0.2) is 24.3 Å². The molecule has 2 N–H and O–H groups in total. The molecule has 1 fully saturated rings. The lowest BCUT2D eigenvalue weighted by atomic mass is 9.78. The van der Waals surface area contributed by atoms with Gasteiger partial charge in [0, 0.05) is 17.5 Å². The first-order valence-corrected chi connectivity index (χ1v) is 6.17. The van der Waals surface area contributed by atoms with Gasteiger partial charge in [-0.2, -0.15) is 0 Å². The average molecular weight is 235 g/mol. The summed E-state index contributed by atoms with van der Waals surface area (Å²) in [4.78, 5) is 12.0. The molecule has 3 heteroatoms. The van der Waals surface area contributed by atoms with Crippen molar-refractivity contribution in [3.05, 3.63) is 35.6 Å². The van der Waals surface area contributed by atoms with Crippen LogP contribution in [0.2, 0.25) is 0 Å². The fourth-order valence-electron chi connectivity index (χ4n) is 2.49. The molecule has 0 saturated heterocycles. The van der Waals surface area contributed by atoms with Gasteiger partial charge >= 0.3 is 0 Å². The van der Waals surface area contributed by atoms with Crippen LogP contribution >= 0.6 is 0 Å². The number of carbonyl (C=O) groups is 1. The van der Waals surface area contributed by atoms with E-state index in [-0.39, 0.29) is 17.1 Å². The summed E-state index contributed by atoms with van der Waals surface area (Å²) in [6, 6.07) is 5.70. The lowest BCUT2D eigenvalue weighted by Gasteiger charge is -2.32. The Labute approximate surface area is 101 Å². The van der Waals surface area contributed by atoms with E-state index in [1.807, 2.05) is 0 Å². The van der Waals surface area contributed by atoms with Gasteiger partial charge in [0.05, 0.1) is 0 Å². The molecule has 1 aromatic carbocycles. The number of ketones is 1. The summed E-state index contributed by atoms with van der Waals surface area (Å²) in [6.07, 6.45) is 5.63. The van der Waals surface area contributed by atoms with Gasteiger partial charge in [-0.05, 0) is 37.1 Å². The van der Waals surface area contributed by atoms with E-state index in [0.29, 0.717) is 12.0 Å². The van der Waals surface area contributed by atoms with Gasteiger partial charge in [-0.3, -0.25) is 4.79 Å². The third kappa shape index (κ3) is 3.13. The molecule has 0 amide bonds. The summed E-state index contributed by atoms with van der Waals surface area (Å²) in [5.41, 5.74) is 6.45. The fourth-order valence-corrected chi connectivity index (χ4v) is 2.49. The van der Waals surface area contributed by atoms with Crippen molar-refractivity contribution in [2.24, 2.45) is 5.73 Å². The molecule has 17 heavy (non-hydrogen) atoms. The number of benzene rings is 1. The van der Waals surface area contributed by atoms with Crippen LogP contribution < -0.4 is 5.73 Å². The summed E-state index contributed by atoms with van der Waals surface area (Å²) in [6.45, 7) is 0. The summed E-state index contributed by atoms with van der Waals surface area (Å²) < 4.78 is 12.7. The van der Waals surface area contributed by atoms with Crippen LogP contribution in [0, 0.1) is 5.82 Å². The standard InChI is InChI=1S/C14H18FNO/c15-12-6-4-11(5-7-12)13(17)10-14(16)8-2-1-3-9-14/h4-7H,1-3,8-10,16H2. The highest BCUT2D eigenvalue weighted by molar-refractivity contribution is 5.96. The lowest BCUT2D eigenvalue weighted by Crippen LogP contribution is -2.43. The van der Waals surface area contributed by atoms with Crippen LogP contribution in [0.25, 0.3) is 0 Å². The van der Waals surface area contributed by atoms with Crippen LogP contribution in [0.4, 0.5) is 4.39 Å². The van der Waals surface area contributed by atoms with Crippen molar-refractivity contribution in [3.8, 4) is 0 Å². The Morgan fingerprint density at radius 3 is 2.35 bits per heavy atom. The molecule has 0 heterocycles. The smallest absolute Gasteiger partial charge is 0.164 e. The first-order chi connectivity index (χ1) is 8.09. The first kappa shape index (κ1) is 12.2. The average Bonchev–Trinajstić information content (AvgIpc) is 2.30. The zero-order valence-electron chi connectivity index (χ0n) is 9.92. The number of Topliss-reactive ketones (excluding diaryl/α,β-unsaturated/α-hetero) is 1. The molecule has 1 saturated carbocycles. The third-order valence-electron chi connectivity index (χ3n) is 3.53. The molecule has 1 aliphatic carbocycles. The molecule has 0 bridgehead atoms. The maximum Gasteiger partial charge on any atom is 0.164 e. The highest BCUT2D eigenvalue weighted by atomic mass is 19.1. The second kappa shape index (κ2) is 4.96. The highest BCUT2D eigenvalue weighted by Crippen LogP contribution is 2.29. The third-order valence-corrected chi connectivity index (χ3v) is 3.53. The Bertz CT molecular complexity index is 393. The van der Waals surface area contributed by atoms with Crippen LogP contribution in [0.5, 0.6) is 0 Å². The molecule has 0 radical (unpaired) electrons. The monoisotopic (exact) mass is 235 g/mol. The Balaban J connectivity index is 2.03. The van der Waals surface area contributed by atoms with Crippen molar-refractivity contribution in [1.82, 2.24) is 0 Å². The Morgan fingerprint density at radius 2 is 1.76 bits per heavy atom. The van der Waals surface area contributed by atoms with Gasteiger partial charge in [0.25, 0.3) is 0 Å². The first-order valence-electron chi connectivity index (χ1n) is 6.17. The van der Waals surface area contributed by atoms with Gasteiger partial charge in [-0.25, -0.2) is 4.39 Å². The number of rotatable bonds is 3. The van der Waals surface area contributed by atoms with E-state index in [4.69, 9.17) is 5.73 Å². The van der Waals surface area contributed by atoms with Gasteiger partial charge in [-0.1, -0.05) is 19.3 Å². The highest BCUT2D eigenvalue weighted by Gasteiger charge is 2.30. The Hall–Kier alpha value is -1.22. The van der Waals surface area contributed by atoms with Crippen molar-refractivity contribution in [2.45, 2.75) is 44.1 Å². The summed E-state index contributed by atoms with van der Waals surface area (Å²) >= 11 is 0.